The summed E-state index contributed by atoms with van der Waals surface area (Å²) >= 11 is 0. The van der Waals surface area contributed by atoms with Crippen LogP contribution in [0.2, 0.25) is 0 Å². The van der Waals surface area contributed by atoms with Gasteiger partial charge in [0.1, 0.15) is 22.8 Å². The Hall–Kier alpha value is -6.04. The second-order valence-electron chi connectivity index (χ2n) is 14.9. The Balaban J connectivity index is 1.31. The van der Waals surface area contributed by atoms with Gasteiger partial charge < -0.3 is 20.1 Å². The van der Waals surface area contributed by atoms with Gasteiger partial charge in [-0.25, -0.2) is 0 Å². The molecule has 0 amide bonds. The molecule has 6 aromatic carbocycles. The highest BCUT2D eigenvalue weighted by atomic mass is 16.5. The quantitative estimate of drug-likeness (QED) is 0.178. The summed E-state index contributed by atoms with van der Waals surface area (Å²) in [6.07, 6.45) is 5.32. The molecule has 6 aromatic rings. The largest absolute Gasteiger partial charge is 0.452 e. The van der Waals surface area contributed by atoms with Crippen molar-refractivity contribution >= 4 is 39.8 Å². The number of anilines is 3. The van der Waals surface area contributed by atoms with E-state index in [-0.39, 0.29) is 11.3 Å². The van der Waals surface area contributed by atoms with Crippen molar-refractivity contribution in [3.63, 3.8) is 0 Å². The molecule has 0 saturated carbocycles. The Labute approximate surface area is 306 Å². The number of rotatable bonds is 5. The molecule has 1 unspecified atom stereocenters. The molecule has 5 heteroatoms. The summed E-state index contributed by atoms with van der Waals surface area (Å²) in [4.78, 5) is 0. The molecule has 0 aromatic heterocycles. The number of quaternary nitrogens is 1. The van der Waals surface area contributed by atoms with Crippen molar-refractivity contribution in [2.75, 3.05) is 10.6 Å². The van der Waals surface area contributed by atoms with Gasteiger partial charge >= 0.3 is 0 Å². The minimum Gasteiger partial charge on any atom is -0.452 e. The van der Waals surface area contributed by atoms with E-state index >= 15 is 0 Å². The van der Waals surface area contributed by atoms with Crippen molar-refractivity contribution in [3.8, 4) is 28.4 Å². The Morgan fingerprint density at radius 2 is 1.25 bits per heavy atom. The van der Waals surface area contributed by atoms with E-state index in [2.05, 4.69) is 172 Å². The molecule has 0 bridgehead atoms. The summed E-state index contributed by atoms with van der Waals surface area (Å²) in [7, 11) is 0. The molecule has 9 rings (SSSR count). The summed E-state index contributed by atoms with van der Waals surface area (Å²) in [6, 6.07) is 49.6. The van der Waals surface area contributed by atoms with Crippen LogP contribution in [0.5, 0.6) is 17.2 Å². The lowest BCUT2D eigenvalue weighted by atomic mass is 9.80. The SMILES string of the molecule is CC1CC=CC2=C1Oc1c(cccc1[N+](c1ccccc1)(c1ccccc1)c1ccc(-c3cccc4c3Oc3ccccc3N4)c(C(C)(C)C)c1)N2. The van der Waals surface area contributed by atoms with Crippen LogP contribution in [0.25, 0.3) is 11.1 Å². The third-order valence-corrected chi connectivity index (χ3v) is 10.5. The highest BCUT2D eigenvalue weighted by molar-refractivity contribution is 5.91. The van der Waals surface area contributed by atoms with Crippen LogP contribution in [0.15, 0.2) is 163 Å². The number of allylic oxidation sites excluding steroid dienone is 3. The predicted molar refractivity (Wildman–Crippen MR) is 215 cm³/mol. The molecule has 256 valence electrons. The van der Waals surface area contributed by atoms with Crippen molar-refractivity contribution in [1.29, 1.82) is 0 Å². The number of nitrogens with one attached hydrogen (secondary N) is 2. The van der Waals surface area contributed by atoms with Gasteiger partial charge in [-0.2, -0.15) is 4.48 Å². The van der Waals surface area contributed by atoms with E-state index in [1.54, 1.807) is 0 Å². The molecule has 3 aliphatic rings. The molecule has 2 N–H and O–H groups in total. The summed E-state index contributed by atoms with van der Waals surface area (Å²) in [5, 5.41) is 7.34. The van der Waals surface area contributed by atoms with Crippen LogP contribution < -0.4 is 24.6 Å². The standard InChI is InChI=1S/C47H42N3O2/c1-31-16-13-23-39-44(31)52-46-41(49-39)25-15-26-42(46)50(32-17-7-5-8-18-32,33-19-9-6-10-20-33)34-28-29-35(37(30-34)47(2,3)4)36-21-14-24-40-45(36)51-43-27-12-11-22-38(43)48-40/h5-15,17-31,48-49H,16H2,1-4H3/q+1. The molecular formula is C47H42N3O2+. The number of hydrogen-bond acceptors (Lipinski definition) is 4. The molecule has 5 nitrogen and oxygen atoms in total. The Kier molecular flexibility index (Phi) is 7.56. The number of ether oxygens (including phenoxy) is 2. The maximum Gasteiger partial charge on any atom is 0.212 e. The van der Waals surface area contributed by atoms with Gasteiger partial charge in [-0.3, -0.25) is 0 Å². The molecule has 0 radical (unpaired) electrons. The third kappa shape index (κ3) is 5.11. The molecule has 2 heterocycles. The monoisotopic (exact) mass is 680 g/mol. The van der Waals surface area contributed by atoms with Crippen LogP contribution in [0.4, 0.5) is 39.8 Å². The minimum atomic E-state index is -0.213. The van der Waals surface area contributed by atoms with Gasteiger partial charge in [-0.05, 0) is 59.4 Å². The van der Waals surface area contributed by atoms with Crippen molar-refractivity contribution in [1.82, 2.24) is 4.48 Å². The molecule has 1 aliphatic carbocycles. The lowest BCUT2D eigenvalue weighted by Gasteiger charge is -2.40. The fourth-order valence-corrected chi connectivity index (χ4v) is 7.99. The topological polar surface area (TPSA) is 42.5 Å². The van der Waals surface area contributed by atoms with E-state index in [0.717, 1.165) is 86.1 Å². The summed E-state index contributed by atoms with van der Waals surface area (Å²) < 4.78 is 14.0. The highest BCUT2D eigenvalue weighted by Gasteiger charge is 2.44. The fourth-order valence-electron chi connectivity index (χ4n) is 7.99. The van der Waals surface area contributed by atoms with Gasteiger partial charge in [0.2, 0.25) is 5.75 Å². The van der Waals surface area contributed by atoms with Gasteiger partial charge in [0.05, 0.1) is 22.8 Å². The Morgan fingerprint density at radius 3 is 1.98 bits per heavy atom. The summed E-state index contributed by atoms with van der Waals surface area (Å²) in [6.45, 7) is 9.12. The van der Waals surface area contributed by atoms with E-state index in [1.165, 1.54) is 5.56 Å². The van der Waals surface area contributed by atoms with Gasteiger partial charge in [0, 0.05) is 53.9 Å². The first-order valence-electron chi connectivity index (χ1n) is 18.1. The number of para-hydroxylation sites is 6. The van der Waals surface area contributed by atoms with Crippen molar-refractivity contribution in [2.24, 2.45) is 5.92 Å². The van der Waals surface area contributed by atoms with E-state index in [0.29, 0.717) is 4.48 Å². The molecule has 2 aliphatic heterocycles. The van der Waals surface area contributed by atoms with E-state index in [1.807, 2.05) is 18.2 Å². The predicted octanol–water partition coefficient (Wildman–Crippen LogP) is 13.4. The fraction of sp³-hybridized carbons (Fsp3) is 0.149. The lowest BCUT2D eigenvalue weighted by molar-refractivity contribution is 0.343. The number of fused-ring (bicyclic) bond motifs is 3. The van der Waals surface area contributed by atoms with Crippen LogP contribution >= 0.6 is 0 Å². The van der Waals surface area contributed by atoms with Gasteiger partial charge in [-0.1, -0.05) is 101 Å². The zero-order valence-electron chi connectivity index (χ0n) is 30.0. The maximum absolute atomic E-state index is 7.06. The first-order chi connectivity index (χ1) is 25.3. The smallest absolute Gasteiger partial charge is 0.212 e. The average Bonchev–Trinajstić information content (AvgIpc) is 3.17. The van der Waals surface area contributed by atoms with Crippen LogP contribution in [0.1, 0.15) is 39.7 Å². The molecular weight excluding hydrogens is 639 g/mol. The second-order valence-corrected chi connectivity index (χ2v) is 14.9. The number of benzene rings is 6. The average molecular weight is 681 g/mol. The van der Waals surface area contributed by atoms with Gasteiger partial charge in [0.25, 0.3) is 0 Å². The molecule has 0 fully saturated rings. The maximum atomic E-state index is 7.06. The number of nitrogens with zero attached hydrogens (tertiary/aromatic N) is 1. The minimum absolute atomic E-state index is 0.213. The summed E-state index contributed by atoms with van der Waals surface area (Å²) in [5.41, 5.74) is 11.5. The molecule has 52 heavy (non-hydrogen) atoms. The zero-order valence-corrected chi connectivity index (χ0v) is 30.0. The zero-order chi connectivity index (χ0) is 35.5. The van der Waals surface area contributed by atoms with Crippen LogP contribution in [-0.4, -0.2) is 0 Å². The second kappa shape index (κ2) is 12.3. The first kappa shape index (κ1) is 31.9. The van der Waals surface area contributed by atoms with Gasteiger partial charge in [0.15, 0.2) is 17.2 Å². The Morgan fingerprint density at radius 1 is 0.596 bits per heavy atom. The van der Waals surface area contributed by atoms with Gasteiger partial charge in [-0.15, -0.1) is 0 Å². The molecule has 1 atom stereocenters. The van der Waals surface area contributed by atoms with Crippen molar-refractivity contribution in [3.05, 3.63) is 169 Å². The lowest BCUT2D eigenvalue weighted by Crippen LogP contribution is -2.35. The first-order valence-corrected chi connectivity index (χ1v) is 18.1. The molecule has 0 spiro atoms. The van der Waals surface area contributed by atoms with Crippen molar-refractivity contribution < 1.29 is 9.47 Å². The molecule has 0 saturated heterocycles. The Bertz CT molecular complexity index is 2350. The van der Waals surface area contributed by atoms with Crippen LogP contribution in [0, 0.1) is 5.92 Å². The van der Waals surface area contributed by atoms with E-state index in [9.17, 15) is 0 Å². The van der Waals surface area contributed by atoms with Crippen LogP contribution in [0.3, 0.4) is 0 Å². The number of hydrogen-bond donors (Lipinski definition) is 2. The normalized spacial score (nSPS) is 15.9. The third-order valence-electron chi connectivity index (χ3n) is 10.5. The summed E-state index contributed by atoms with van der Waals surface area (Å²) in [5.74, 6) is 3.74. The van der Waals surface area contributed by atoms with Crippen LogP contribution in [-0.2, 0) is 5.41 Å². The van der Waals surface area contributed by atoms with E-state index in [4.69, 9.17) is 9.47 Å². The van der Waals surface area contributed by atoms with E-state index < -0.39 is 0 Å². The van der Waals surface area contributed by atoms with Crippen molar-refractivity contribution in [2.45, 2.75) is 39.5 Å². The highest BCUT2D eigenvalue weighted by Crippen LogP contribution is 2.59.